The summed E-state index contributed by atoms with van der Waals surface area (Å²) in [5.41, 5.74) is 5.30. The molecule has 14 heavy (non-hydrogen) atoms. The zero-order valence-corrected chi connectivity index (χ0v) is 9.87. The first-order valence-corrected chi connectivity index (χ1v) is 6.66. The molecule has 0 unspecified atom stereocenters. The van der Waals surface area contributed by atoms with E-state index in [-0.39, 0.29) is 5.91 Å². The topological polar surface area (TPSA) is 55.1 Å². The van der Waals surface area contributed by atoms with Crippen molar-refractivity contribution < 1.29 is 4.79 Å². The second kappa shape index (κ2) is 10.9. The van der Waals surface area contributed by atoms with Crippen molar-refractivity contribution in [2.75, 3.05) is 25.1 Å². The highest BCUT2D eigenvalue weighted by atomic mass is 32.2. The third-order valence-electron chi connectivity index (χ3n) is 1.96. The lowest BCUT2D eigenvalue weighted by Crippen LogP contribution is -2.24. The maximum Gasteiger partial charge on any atom is 0.220 e. The monoisotopic (exact) mass is 218 g/mol. The molecule has 0 aliphatic rings. The lowest BCUT2D eigenvalue weighted by atomic mass is 10.2. The molecule has 1 amide bonds. The SMILES string of the molecule is CSCCCCCNC(=O)CCCN. The first-order valence-electron chi connectivity index (χ1n) is 5.27. The summed E-state index contributed by atoms with van der Waals surface area (Å²) < 4.78 is 0. The molecule has 0 rings (SSSR count). The van der Waals surface area contributed by atoms with Crippen molar-refractivity contribution in [2.24, 2.45) is 5.73 Å². The average molecular weight is 218 g/mol. The molecule has 0 aromatic heterocycles. The molecular weight excluding hydrogens is 196 g/mol. The maximum absolute atomic E-state index is 11.1. The van der Waals surface area contributed by atoms with Crippen molar-refractivity contribution in [2.45, 2.75) is 32.1 Å². The van der Waals surface area contributed by atoms with E-state index < -0.39 is 0 Å². The van der Waals surface area contributed by atoms with Gasteiger partial charge in [0.25, 0.3) is 0 Å². The van der Waals surface area contributed by atoms with E-state index in [0.717, 1.165) is 19.4 Å². The average Bonchev–Trinajstić information content (AvgIpc) is 2.20. The van der Waals surface area contributed by atoms with Gasteiger partial charge in [-0.05, 0) is 37.8 Å². The molecule has 0 aliphatic heterocycles. The molecule has 3 nitrogen and oxygen atoms in total. The van der Waals surface area contributed by atoms with E-state index in [1.54, 1.807) is 0 Å². The normalized spacial score (nSPS) is 10.1. The van der Waals surface area contributed by atoms with Gasteiger partial charge in [0, 0.05) is 13.0 Å². The molecule has 4 heteroatoms. The highest BCUT2D eigenvalue weighted by Crippen LogP contribution is 2.01. The van der Waals surface area contributed by atoms with Crippen molar-refractivity contribution in [1.29, 1.82) is 0 Å². The largest absolute Gasteiger partial charge is 0.356 e. The minimum Gasteiger partial charge on any atom is -0.356 e. The lowest BCUT2D eigenvalue weighted by Gasteiger charge is -2.03. The van der Waals surface area contributed by atoms with Crippen LogP contribution in [0.15, 0.2) is 0 Å². The Bertz CT molecular complexity index is 142. The van der Waals surface area contributed by atoms with Crippen LogP contribution >= 0.6 is 11.8 Å². The van der Waals surface area contributed by atoms with Crippen LogP contribution in [0.2, 0.25) is 0 Å². The fourth-order valence-electron chi connectivity index (χ4n) is 1.13. The second-order valence-electron chi connectivity index (χ2n) is 3.30. The Hall–Kier alpha value is -0.220. The number of nitrogens with one attached hydrogen (secondary N) is 1. The minimum absolute atomic E-state index is 0.139. The predicted molar refractivity (Wildman–Crippen MR) is 63.5 cm³/mol. The van der Waals surface area contributed by atoms with Crippen LogP contribution in [0.25, 0.3) is 0 Å². The third kappa shape index (κ3) is 9.86. The molecule has 0 saturated heterocycles. The van der Waals surface area contributed by atoms with E-state index in [9.17, 15) is 4.79 Å². The van der Waals surface area contributed by atoms with Gasteiger partial charge in [-0.2, -0.15) is 11.8 Å². The first-order chi connectivity index (χ1) is 6.81. The lowest BCUT2D eigenvalue weighted by molar-refractivity contribution is -0.121. The summed E-state index contributed by atoms with van der Waals surface area (Å²) in [6.45, 7) is 1.42. The molecule has 0 bridgehead atoms. The summed E-state index contributed by atoms with van der Waals surface area (Å²) in [7, 11) is 0. The van der Waals surface area contributed by atoms with Crippen LogP contribution in [-0.2, 0) is 4.79 Å². The standard InChI is InChI=1S/C10H22N2OS/c1-14-9-4-2-3-8-12-10(13)6-5-7-11/h2-9,11H2,1H3,(H,12,13). The van der Waals surface area contributed by atoms with Gasteiger partial charge in [-0.25, -0.2) is 0 Å². The van der Waals surface area contributed by atoms with Gasteiger partial charge in [-0.3, -0.25) is 4.79 Å². The fourth-order valence-corrected chi connectivity index (χ4v) is 1.62. The third-order valence-corrected chi connectivity index (χ3v) is 2.65. The molecule has 0 aromatic carbocycles. The smallest absolute Gasteiger partial charge is 0.220 e. The summed E-state index contributed by atoms with van der Waals surface area (Å²) in [5, 5.41) is 2.89. The minimum atomic E-state index is 0.139. The van der Waals surface area contributed by atoms with Gasteiger partial charge in [0.15, 0.2) is 0 Å². The molecule has 3 N–H and O–H groups in total. The number of carbonyl (C=O) groups excluding carboxylic acids is 1. The number of hydrogen-bond acceptors (Lipinski definition) is 3. The number of thioether (sulfide) groups is 1. The van der Waals surface area contributed by atoms with E-state index >= 15 is 0 Å². The molecule has 0 fully saturated rings. The fraction of sp³-hybridized carbons (Fsp3) is 0.900. The summed E-state index contributed by atoms with van der Waals surface area (Å²) in [6.07, 6.45) is 7.03. The number of amides is 1. The maximum atomic E-state index is 11.1. The van der Waals surface area contributed by atoms with Crippen LogP contribution in [0, 0.1) is 0 Å². The molecule has 0 aromatic rings. The van der Waals surface area contributed by atoms with Gasteiger partial charge in [-0.1, -0.05) is 6.42 Å². The Morgan fingerprint density at radius 2 is 2.07 bits per heavy atom. The van der Waals surface area contributed by atoms with Crippen molar-refractivity contribution in [3.8, 4) is 0 Å². The zero-order chi connectivity index (χ0) is 10.6. The molecule has 0 saturated carbocycles. The zero-order valence-electron chi connectivity index (χ0n) is 9.05. The molecule has 0 atom stereocenters. The highest BCUT2D eigenvalue weighted by Gasteiger charge is 1.98. The Balaban J connectivity index is 3.07. The van der Waals surface area contributed by atoms with E-state index in [2.05, 4.69) is 11.6 Å². The quantitative estimate of drug-likeness (QED) is 0.575. The highest BCUT2D eigenvalue weighted by molar-refractivity contribution is 7.98. The van der Waals surface area contributed by atoms with Crippen molar-refractivity contribution in [3.05, 3.63) is 0 Å². The number of unbranched alkanes of at least 4 members (excludes halogenated alkanes) is 2. The van der Waals surface area contributed by atoms with E-state index in [1.165, 1.54) is 18.6 Å². The number of rotatable bonds is 9. The van der Waals surface area contributed by atoms with Crippen molar-refractivity contribution in [1.82, 2.24) is 5.32 Å². The number of hydrogen-bond donors (Lipinski definition) is 2. The van der Waals surface area contributed by atoms with Gasteiger partial charge in [0.2, 0.25) is 5.91 Å². The van der Waals surface area contributed by atoms with Crippen LogP contribution in [0.5, 0.6) is 0 Å². The summed E-state index contributed by atoms with van der Waals surface area (Å²) in [4.78, 5) is 11.1. The van der Waals surface area contributed by atoms with Gasteiger partial charge < -0.3 is 11.1 Å². The molecule has 0 spiro atoms. The molecule has 84 valence electrons. The molecular formula is C10H22N2OS. The van der Waals surface area contributed by atoms with Gasteiger partial charge in [0.05, 0.1) is 0 Å². The Morgan fingerprint density at radius 1 is 1.29 bits per heavy atom. The Kier molecular flexibility index (Phi) is 10.7. The van der Waals surface area contributed by atoms with E-state index in [4.69, 9.17) is 5.73 Å². The van der Waals surface area contributed by atoms with Crippen molar-refractivity contribution in [3.63, 3.8) is 0 Å². The number of nitrogens with two attached hydrogens (primary N) is 1. The predicted octanol–water partition coefficient (Wildman–Crippen LogP) is 1.37. The van der Waals surface area contributed by atoms with Gasteiger partial charge >= 0.3 is 0 Å². The summed E-state index contributed by atoms with van der Waals surface area (Å²) >= 11 is 1.88. The van der Waals surface area contributed by atoms with E-state index in [1.807, 2.05) is 11.8 Å². The molecule has 0 heterocycles. The Labute approximate surface area is 91.2 Å². The second-order valence-corrected chi connectivity index (χ2v) is 4.28. The first kappa shape index (κ1) is 13.8. The van der Waals surface area contributed by atoms with Crippen LogP contribution in [0.1, 0.15) is 32.1 Å². The van der Waals surface area contributed by atoms with Crippen LogP contribution in [0.3, 0.4) is 0 Å². The van der Waals surface area contributed by atoms with Crippen molar-refractivity contribution >= 4 is 17.7 Å². The van der Waals surface area contributed by atoms with Crippen LogP contribution in [0.4, 0.5) is 0 Å². The molecule has 0 radical (unpaired) electrons. The summed E-state index contributed by atoms with van der Waals surface area (Å²) in [5.74, 6) is 1.36. The van der Waals surface area contributed by atoms with Crippen LogP contribution < -0.4 is 11.1 Å². The summed E-state index contributed by atoms with van der Waals surface area (Å²) in [6, 6.07) is 0. The van der Waals surface area contributed by atoms with E-state index in [0.29, 0.717) is 13.0 Å². The van der Waals surface area contributed by atoms with Crippen LogP contribution in [-0.4, -0.2) is 31.0 Å². The Morgan fingerprint density at radius 3 is 2.71 bits per heavy atom. The number of carbonyl (C=O) groups is 1. The molecule has 0 aliphatic carbocycles. The van der Waals surface area contributed by atoms with Gasteiger partial charge in [0.1, 0.15) is 0 Å². The van der Waals surface area contributed by atoms with Gasteiger partial charge in [-0.15, -0.1) is 0 Å².